The zero-order valence-corrected chi connectivity index (χ0v) is 32.7. The molecule has 2 aromatic heterocycles. The van der Waals surface area contributed by atoms with E-state index in [0.29, 0.717) is 0 Å². The Balaban J connectivity index is 0.988. The van der Waals surface area contributed by atoms with Crippen LogP contribution in [0.15, 0.2) is 218 Å². The van der Waals surface area contributed by atoms with Gasteiger partial charge in [0.05, 0.1) is 27.8 Å². The predicted octanol–water partition coefficient (Wildman–Crippen LogP) is 15.8. The summed E-state index contributed by atoms with van der Waals surface area (Å²) < 4.78 is 4.91. The number of rotatable bonds is 4. The Bertz CT molecular complexity index is 3900. The van der Waals surface area contributed by atoms with E-state index < -0.39 is 0 Å². The molecule has 0 N–H and O–H groups in total. The largest absolute Gasteiger partial charge is 0.309 e. The van der Waals surface area contributed by atoms with Crippen LogP contribution in [0.5, 0.6) is 0 Å². The van der Waals surface area contributed by atoms with Crippen molar-refractivity contribution in [3.8, 4) is 33.6 Å². The summed E-state index contributed by atoms with van der Waals surface area (Å²) >= 11 is 0. The minimum Gasteiger partial charge on any atom is -0.309 e. The van der Waals surface area contributed by atoms with E-state index >= 15 is 0 Å². The molecule has 0 atom stereocenters. The SMILES string of the molecule is c1ccc2cc(-c3cc4ccccc4cc3-n3c4ccccc4c4cc(-c5ccc6c(c5)c5ccccc5n6-c5ccc6c(ccc7ccccc76)c5)ccc43)ccc2c1. The summed E-state index contributed by atoms with van der Waals surface area (Å²) in [6.07, 6.45) is 0. The minimum atomic E-state index is 1.17. The smallest absolute Gasteiger partial charge is 0.0546 e. The maximum Gasteiger partial charge on any atom is 0.0546 e. The Morgan fingerprint density at radius 1 is 0.233 bits per heavy atom. The summed E-state index contributed by atoms with van der Waals surface area (Å²) in [5.74, 6) is 0. The van der Waals surface area contributed by atoms with E-state index in [2.05, 4.69) is 228 Å². The van der Waals surface area contributed by atoms with Crippen molar-refractivity contribution in [2.24, 2.45) is 0 Å². The molecule has 278 valence electrons. The number of aromatic nitrogens is 2. The van der Waals surface area contributed by atoms with E-state index in [4.69, 9.17) is 0 Å². The number of fused-ring (bicyclic) bond motifs is 11. The fourth-order valence-electron chi connectivity index (χ4n) is 9.98. The first-order valence-corrected chi connectivity index (χ1v) is 20.7. The lowest BCUT2D eigenvalue weighted by Crippen LogP contribution is -1.98. The van der Waals surface area contributed by atoms with Crippen LogP contribution in [0.25, 0.3) is 120 Å². The number of nitrogens with zero attached hydrogens (tertiary/aromatic N) is 2. The fourth-order valence-corrected chi connectivity index (χ4v) is 9.98. The molecule has 60 heavy (non-hydrogen) atoms. The molecule has 2 heterocycles. The van der Waals surface area contributed by atoms with Gasteiger partial charge in [0.2, 0.25) is 0 Å². The van der Waals surface area contributed by atoms with Crippen LogP contribution >= 0.6 is 0 Å². The lowest BCUT2D eigenvalue weighted by Gasteiger charge is -2.16. The number of benzene rings is 11. The second-order valence-corrected chi connectivity index (χ2v) is 16.1. The zero-order valence-electron chi connectivity index (χ0n) is 32.7. The van der Waals surface area contributed by atoms with Gasteiger partial charge in [-0.05, 0) is 127 Å². The first-order valence-electron chi connectivity index (χ1n) is 20.7. The van der Waals surface area contributed by atoms with Gasteiger partial charge in [0.1, 0.15) is 0 Å². The molecule has 0 saturated heterocycles. The van der Waals surface area contributed by atoms with Gasteiger partial charge in [0, 0.05) is 32.8 Å². The van der Waals surface area contributed by atoms with Crippen molar-refractivity contribution in [3.05, 3.63) is 218 Å². The highest BCUT2D eigenvalue weighted by Crippen LogP contribution is 2.42. The average Bonchev–Trinajstić information content (AvgIpc) is 3.83. The van der Waals surface area contributed by atoms with Gasteiger partial charge in [-0.3, -0.25) is 0 Å². The molecule has 0 unspecified atom stereocenters. The quantitative estimate of drug-likeness (QED) is 0.158. The number of hydrogen-bond acceptors (Lipinski definition) is 0. The van der Waals surface area contributed by atoms with E-state index in [1.807, 2.05) is 0 Å². The molecule has 2 nitrogen and oxygen atoms in total. The van der Waals surface area contributed by atoms with Crippen LogP contribution in [0, 0.1) is 0 Å². The molecule has 13 aromatic rings. The monoisotopic (exact) mass is 760 g/mol. The summed E-state index contributed by atoms with van der Waals surface area (Å²) in [6.45, 7) is 0. The third-order valence-corrected chi connectivity index (χ3v) is 12.8. The Morgan fingerprint density at radius 3 is 1.43 bits per heavy atom. The van der Waals surface area contributed by atoms with Gasteiger partial charge >= 0.3 is 0 Å². The average molecular weight is 761 g/mol. The molecule has 13 rings (SSSR count). The van der Waals surface area contributed by atoms with E-state index in [1.165, 1.54) is 120 Å². The van der Waals surface area contributed by atoms with Crippen LogP contribution in [0.2, 0.25) is 0 Å². The van der Waals surface area contributed by atoms with Gasteiger partial charge in [0.15, 0.2) is 0 Å². The Labute approximate surface area is 346 Å². The van der Waals surface area contributed by atoms with Crippen molar-refractivity contribution >= 4 is 86.7 Å². The highest BCUT2D eigenvalue weighted by molar-refractivity contribution is 6.14. The molecule has 0 aliphatic heterocycles. The second-order valence-electron chi connectivity index (χ2n) is 16.1. The maximum atomic E-state index is 2.48. The van der Waals surface area contributed by atoms with Gasteiger partial charge in [-0.15, -0.1) is 0 Å². The third kappa shape index (κ3) is 4.95. The lowest BCUT2D eigenvalue weighted by atomic mass is 9.96. The predicted molar refractivity (Wildman–Crippen MR) is 256 cm³/mol. The van der Waals surface area contributed by atoms with Crippen molar-refractivity contribution in [2.45, 2.75) is 0 Å². The van der Waals surface area contributed by atoms with Gasteiger partial charge in [0.25, 0.3) is 0 Å². The van der Waals surface area contributed by atoms with E-state index in [-0.39, 0.29) is 0 Å². The van der Waals surface area contributed by atoms with Crippen molar-refractivity contribution in [1.29, 1.82) is 0 Å². The molecule has 0 amide bonds. The molecule has 0 bridgehead atoms. The molecule has 0 spiro atoms. The van der Waals surface area contributed by atoms with Crippen LogP contribution in [-0.2, 0) is 0 Å². The summed E-state index contributed by atoms with van der Waals surface area (Å²) in [4.78, 5) is 0. The third-order valence-electron chi connectivity index (χ3n) is 12.8. The van der Waals surface area contributed by atoms with Gasteiger partial charge < -0.3 is 9.13 Å². The first kappa shape index (κ1) is 33.1. The van der Waals surface area contributed by atoms with Crippen LogP contribution in [0.4, 0.5) is 0 Å². The Kier molecular flexibility index (Phi) is 7.05. The molecule has 0 saturated carbocycles. The lowest BCUT2D eigenvalue weighted by molar-refractivity contribution is 1.19. The molecule has 0 radical (unpaired) electrons. The molecular weight excluding hydrogens is 725 g/mol. The number of hydrogen-bond donors (Lipinski definition) is 0. The highest BCUT2D eigenvalue weighted by Gasteiger charge is 2.19. The van der Waals surface area contributed by atoms with E-state index in [0.717, 1.165) is 0 Å². The van der Waals surface area contributed by atoms with Crippen LogP contribution in [-0.4, -0.2) is 9.13 Å². The first-order chi connectivity index (χ1) is 29.7. The van der Waals surface area contributed by atoms with E-state index in [1.54, 1.807) is 0 Å². The Morgan fingerprint density at radius 2 is 0.717 bits per heavy atom. The summed E-state index contributed by atoms with van der Waals surface area (Å²) in [5, 5.41) is 15.0. The van der Waals surface area contributed by atoms with Gasteiger partial charge in [-0.25, -0.2) is 0 Å². The Hall–Kier alpha value is -7.94. The molecule has 0 aliphatic rings. The van der Waals surface area contributed by atoms with Crippen molar-refractivity contribution in [3.63, 3.8) is 0 Å². The summed E-state index contributed by atoms with van der Waals surface area (Å²) in [7, 11) is 0. The standard InChI is InChI=1S/C58H36N2/c1-2-13-39-31-44(23-21-37(39)11-1)51-33-40-14-3-4-15-41(40)36-58(51)60-55-20-10-8-18-50(55)53-35-43(26-30-57(53)60)42-25-29-56-52(34-42)49-17-7-9-19-54(49)59(56)46-27-28-48-45(32-46)24-22-38-12-5-6-16-47(38)48/h1-36H. The molecular formula is C58H36N2. The minimum absolute atomic E-state index is 1.17. The summed E-state index contributed by atoms with van der Waals surface area (Å²) in [6, 6.07) is 80.7. The van der Waals surface area contributed by atoms with Crippen molar-refractivity contribution in [1.82, 2.24) is 9.13 Å². The zero-order chi connectivity index (χ0) is 39.3. The molecule has 11 aromatic carbocycles. The maximum absolute atomic E-state index is 2.48. The molecule has 0 aliphatic carbocycles. The fraction of sp³-hybridized carbons (Fsp3) is 0. The topological polar surface area (TPSA) is 9.86 Å². The highest BCUT2D eigenvalue weighted by atomic mass is 15.0. The summed E-state index contributed by atoms with van der Waals surface area (Å²) in [5.41, 5.74) is 12.0. The van der Waals surface area contributed by atoms with Gasteiger partial charge in [-0.2, -0.15) is 0 Å². The molecule has 0 fully saturated rings. The van der Waals surface area contributed by atoms with Gasteiger partial charge in [-0.1, -0.05) is 152 Å². The van der Waals surface area contributed by atoms with Crippen LogP contribution < -0.4 is 0 Å². The van der Waals surface area contributed by atoms with Crippen molar-refractivity contribution in [2.75, 3.05) is 0 Å². The van der Waals surface area contributed by atoms with E-state index in [9.17, 15) is 0 Å². The number of para-hydroxylation sites is 2. The molecule has 2 heteroatoms. The van der Waals surface area contributed by atoms with Crippen LogP contribution in [0.3, 0.4) is 0 Å². The van der Waals surface area contributed by atoms with Crippen molar-refractivity contribution < 1.29 is 0 Å². The second kappa shape index (κ2) is 12.8. The normalized spacial score (nSPS) is 12.0. The van der Waals surface area contributed by atoms with Crippen LogP contribution in [0.1, 0.15) is 0 Å².